The van der Waals surface area contributed by atoms with Crippen LogP contribution in [0.1, 0.15) is 32.6 Å². The van der Waals surface area contributed by atoms with Crippen LogP contribution in [-0.4, -0.2) is 41.4 Å². The lowest BCUT2D eigenvalue weighted by Gasteiger charge is -2.32. The van der Waals surface area contributed by atoms with Crippen LogP contribution in [0.15, 0.2) is 0 Å². The van der Waals surface area contributed by atoms with Gasteiger partial charge < -0.3 is 9.64 Å². The summed E-state index contributed by atoms with van der Waals surface area (Å²) in [6, 6.07) is 0. The van der Waals surface area contributed by atoms with Crippen molar-refractivity contribution in [1.82, 2.24) is 4.90 Å². The molecule has 3 nitrogen and oxygen atoms in total. The molecule has 2 heterocycles. The maximum absolute atomic E-state index is 11.9. The van der Waals surface area contributed by atoms with Gasteiger partial charge in [0.2, 0.25) is 5.91 Å². The van der Waals surface area contributed by atoms with Gasteiger partial charge in [0.15, 0.2) is 0 Å². The van der Waals surface area contributed by atoms with Crippen LogP contribution in [0.5, 0.6) is 0 Å². The number of rotatable bonds is 3. The summed E-state index contributed by atoms with van der Waals surface area (Å²) in [6.45, 7) is 4.84. The smallest absolute Gasteiger partial charge is 0.236 e. The summed E-state index contributed by atoms with van der Waals surface area (Å²) in [5.41, 5.74) is 0. The van der Waals surface area contributed by atoms with E-state index in [0.29, 0.717) is 12.0 Å². The number of carbonyl (C=O) groups is 1. The van der Waals surface area contributed by atoms with Gasteiger partial charge in [0.1, 0.15) is 0 Å². The van der Waals surface area contributed by atoms with Gasteiger partial charge in [-0.05, 0) is 25.7 Å². The summed E-state index contributed by atoms with van der Waals surface area (Å²) in [5, 5.41) is 0. The van der Waals surface area contributed by atoms with Gasteiger partial charge in [-0.15, -0.1) is 0 Å². The zero-order valence-electron chi connectivity index (χ0n) is 9.82. The Hall–Kier alpha value is -0.0900. The van der Waals surface area contributed by atoms with Crippen LogP contribution in [0.3, 0.4) is 0 Å². The molecule has 3 unspecified atom stereocenters. The second kappa shape index (κ2) is 5.50. The average Bonchev–Trinajstić information content (AvgIpc) is 2.72. The highest BCUT2D eigenvalue weighted by molar-refractivity contribution is 9.10. The van der Waals surface area contributed by atoms with E-state index in [9.17, 15) is 4.79 Å². The third-order valence-electron chi connectivity index (χ3n) is 3.67. The molecular formula is C12H20BrNO2. The number of hydrogen-bond acceptors (Lipinski definition) is 2. The number of piperidine rings is 1. The summed E-state index contributed by atoms with van der Waals surface area (Å²) in [7, 11) is 0. The fourth-order valence-electron chi connectivity index (χ4n) is 2.71. The Labute approximate surface area is 106 Å². The quantitative estimate of drug-likeness (QED) is 0.746. The molecule has 0 spiro atoms. The molecule has 2 aliphatic heterocycles. The van der Waals surface area contributed by atoms with Crippen molar-refractivity contribution in [3.05, 3.63) is 0 Å². The first-order valence-corrected chi connectivity index (χ1v) is 7.18. The van der Waals surface area contributed by atoms with Gasteiger partial charge in [-0.1, -0.05) is 22.9 Å². The van der Waals surface area contributed by atoms with Crippen LogP contribution in [0, 0.1) is 5.92 Å². The molecule has 4 heteroatoms. The van der Waals surface area contributed by atoms with E-state index < -0.39 is 0 Å². The van der Waals surface area contributed by atoms with Gasteiger partial charge >= 0.3 is 0 Å². The Bertz CT molecular complexity index is 259. The molecule has 0 aliphatic carbocycles. The van der Waals surface area contributed by atoms with Crippen molar-refractivity contribution in [1.29, 1.82) is 0 Å². The normalized spacial score (nSPS) is 35.8. The van der Waals surface area contributed by atoms with Gasteiger partial charge in [-0.25, -0.2) is 0 Å². The third-order valence-corrected chi connectivity index (χ3v) is 4.52. The van der Waals surface area contributed by atoms with E-state index in [4.69, 9.17) is 4.74 Å². The number of alkyl halides is 1. The lowest BCUT2D eigenvalue weighted by atomic mass is 9.97. The molecule has 0 aromatic carbocycles. The minimum atomic E-state index is 0.0450. The molecular weight excluding hydrogens is 270 g/mol. The van der Waals surface area contributed by atoms with Crippen LogP contribution >= 0.6 is 15.9 Å². The van der Waals surface area contributed by atoms with E-state index >= 15 is 0 Å². The lowest BCUT2D eigenvalue weighted by molar-refractivity contribution is -0.133. The number of carbonyl (C=O) groups excluding carboxylic acids is 1. The van der Waals surface area contributed by atoms with Crippen LogP contribution in [0.2, 0.25) is 0 Å². The highest BCUT2D eigenvalue weighted by Crippen LogP contribution is 2.27. The maximum atomic E-state index is 11.9. The van der Waals surface area contributed by atoms with Gasteiger partial charge in [0.25, 0.3) is 0 Å². The summed E-state index contributed by atoms with van der Waals surface area (Å²) >= 11 is 3.45. The molecule has 92 valence electrons. The molecule has 0 aromatic rings. The van der Waals surface area contributed by atoms with Gasteiger partial charge in [-0.2, -0.15) is 0 Å². The SMILES string of the molecule is CCC1OCCC1CN1CCCC(Br)C1=O. The molecule has 0 radical (unpaired) electrons. The number of likely N-dealkylation sites (tertiary alicyclic amines) is 1. The van der Waals surface area contributed by atoms with Gasteiger partial charge in [0, 0.05) is 25.6 Å². The predicted octanol–water partition coefficient (Wildman–Crippen LogP) is 2.19. The van der Waals surface area contributed by atoms with E-state index in [0.717, 1.165) is 45.4 Å². The standard InChI is InChI=1S/C12H20BrNO2/c1-2-11-9(5-7-16-11)8-14-6-3-4-10(13)12(14)15/h9-11H,2-8H2,1H3. The molecule has 1 amide bonds. The van der Waals surface area contributed by atoms with Gasteiger partial charge in [0.05, 0.1) is 10.9 Å². The molecule has 0 aromatic heterocycles. The van der Waals surface area contributed by atoms with Crippen molar-refractivity contribution < 1.29 is 9.53 Å². The molecule has 0 bridgehead atoms. The summed E-state index contributed by atoms with van der Waals surface area (Å²) in [5.74, 6) is 0.819. The van der Waals surface area contributed by atoms with E-state index in [1.165, 1.54) is 0 Å². The Morgan fingerprint density at radius 1 is 1.50 bits per heavy atom. The fourth-order valence-corrected chi connectivity index (χ4v) is 3.32. The zero-order valence-corrected chi connectivity index (χ0v) is 11.4. The monoisotopic (exact) mass is 289 g/mol. The van der Waals surface area contributed by atoms with E-state index in [-0.39, 0.29) is 10.7 Å². The molecule has 3 atom stereocenters. The largest absolute Gasteiger partial charge is 0.378 e. The van der Waals surface area contributed by atoms with Crippen molar-refractivity contribution in [3.8, 4) is 0 Å². The van der Waals surface area contributed by atoms with Crippen LogP contribution < -0.4 is 0 Å². The second-order valence-corrected chi connectivity index (χ2v) is 5.87. The Balaban J connectivity index is 1.90. The third kappa shape index (κ3) is 2.59. The Morgan fingerprint density at radius 3 is 3.06 bits per heavy atom. The summed E-state index contributed by atoms with van der Waals surface area (Å²) in [4.78, 5) is 14.0. The molecule has 0 N–H and O–H groups in total. The summed E-state index contributed by atoms with van der Waals surface area (Å²) < 4.78 is 5.67. The van der Waals surface area contributed by atoms with Crippen molar-refractivity contribution in [3.63, 3.8) is 0 Å². The number of halogens is 1. The number of nitrogens with zero attached hydrogens (tertiary/aromatic N) is 1. The lowest BCUT2D eigenvalue weighted by Crippen LogP contribution is -2.45. The maximum Gasteiger partial charge on any atom is 0.236 e. The number of amides is 1. The molecule has 2 rings (SSSR count). The van der Waals surface area contributed by atoms with Crippen molar-refractivity contribution in [2.75, 3.05) is 19.7 Å². The highest BCUT2D eigenvalue weighted by Gasteiger charge is 2.33. The Kier molecular flexibility index (Phi) is 4.25. The fraction of sp³-hybridized carbons (Fsp3) is 0.917. The number of hydrogen-bond donors (Lipinski definition) is 0. The van der Waals surface area contributed by atoms with Crippen molar-refractivity contribution >= 4 is 21.8 Å². The Morgan fingerprint density at radius 2 is 2.31 bits per heavy atom. The van der Waals surface area contributed by atoms with E-state index in [1.807, 2.05) is 4.90 Å². The highest BCUT2D eigenvalue weighted by atomic mass is 79.9. The molecule has 16 heavy (non-hydrogen) atoms. The predicted molar refractivity (Wildman–Crippen MR) is 66.7 cm³/mol. The van der Waals surface area contributed by atoms with Crippen molar-refractivity contribution in [2.45, 2.75) is 43.5 Å². The first kappa shape index (κ1) is 12.4. The number of ether oxygens (including phenoxy) is 1. The first-order chi connectivity index (χ1) is 7.72. The topological polar surface area (TPSA) is 29.5 Å². The molecule has 2 saturated heterocycles. The zero-order chi connectivity index (χ0) is 11.5. The van der Waals surface area contributed by atoms with Crippen LogP contribution in [0.4, 0.5) is 0 Å². The minimum Gasteiger partial charge on any atom is -0.378 e. The van der Waals surface area contributed by atoms with Gasteiger partial charge in [-0.3, -0.25) is 4.79 Å². The minimum absolute atomic E-state index is 0.0450. The second-order valence-electron chi connectivity index (χ2n) is 4.76. The average molecular weight is 290 g/mol. The summed E-state index contributed by atoms with van der Waals surface area (Å²) in [6.07, 6.45) is 4.63. The van der Waals surface area contributed by atoms with E-state index in [2.05, 4.69) is 22.9 Å². The molecule has 0 saturated carbocycles. The van der Waals surface area contributed by atoms with E-state index in [1.54, 1.807) is 0 Å². The van der Waals surface area contributed by atoms with Crippen molar-refractivity contribution in [2.24, 2.45) is 5.92 Å². The van der Waals surface area contributed by atoms with Crippen LogP contribution in [0.25, 0.3) is 0 Å². The van der Waals surface area contributed by atoms with Crippen LogP contribution in [-0.2, 0) is 9.53 Å². The first-order valence-electron chi connectivity index (χ1n) is 6.26. The molecule has 2 fully saturated rings. The molecule has 2 aliphatic rings.